The van der Waals surface area contributed by atoms with Crippen molar-refractivity contribution in [3.05, 3.63) is 70.5 Å². The maximum absolute atomic E-state index is 13.7. The van der Waals surface area contributed by atoms with E-state index < -0.39 is 36.1 Å². The first-order valence-electron chi connectivity index (χ1n) is 7.66. The third-order valence-corrected chi connectivity index (χ3v) is 3.75. The minimum absolute atomic E-state index is 0.0100. The van der Waals surface area contributed by atoms with Gasteiger partial charge in [0.25, 0.3) is 11.8 Å². The molecule has 0 heterocycles. The molecule has 0 saturated carbocycles. The van der Waals surface area contributed by atoms with Crippen LogP contribution in [0, 0.1) is 5.82 Å². The molecule has 0 aliphatic heterocycles. The van der Waals surface area contributed by atoms with Gasteiger partial charge in [0.15, 0.2) is 6.10 Å². The lowest BCUT2D eigenvalue weighted by molar-refractivity contribution is -0.154. The third kappa shape index (κ3) is 5.29. The molecule has 8 heteroatoms. The van der Waals surface area contributed by atoms with Crippen LogP contribution in [0.4, 0.5) is 4.39 Å². The second-order valence-electron chi connectivity index (χ2n) is 5.32. The van der Waals surface area contributed by atoms with Crippen molar-refractivity contribution in [3.63, 3.8) is 0 Å². The Morgan fingerprint density at radius 1 is 1.08 bits per heavy atom. The van der Waals surface area contributed by atoms with Gasteiger partial charge in [0, 0.05) is 16.1 Å². The predicted molar refractivity (Wildman–Crippen MR) is 92.7 cm³/mol. The number of amides is 2. The number of carbonyl (C=O) groups excluding carboxylic acids is 3. The van der Waals surface area contributed by atoms with Gasteiger partial charge >= 0.3 is 5.97 Å². The Morgan fingerprint density at radius 2 is 1.77 bits per heavy atom. The molecule has 0 unspecified atom stereocenters. The van der Waals surface area contributed by atoms with Crippen LogP contribution < -0.4 is 10.9 Å². The Hall–Kier alpha value is -2.93. The SMILES string of the molecule is C[C@H](OC(=O)Cc1c(F)cccc1Cl)C(=O)NNC(=O)c1ccccc1. The second-order valence-corrected chi connectivity index (χ2v) is 5.73. The van der Waals surface area contributed by atoms with E-state index in [0.29, 0.717) is 5.56 Å². The van der Waals surface area contributed by atoms with E-state index in [0.717, 1.165) is 0 Å². The Labute approximate surface area is 154 Å². The number of esters is 1. The molecular weight excluding hydrogens is 363 g/mol. The molecule has 0 spiro atoms. The van der Waals surface area contributed by atoms with Crippen molar-refractivity contribution in [2.75, 3.05) is 0 Å². The number of hydrazine groups is 1. The first-order valence-corrected chi connectivity index (χ1v) is 8.04. The quantitative estimate of drug-likeness (QED) is 0.618. The summed E-state index contributed by atoms with van der Waals surface area (Å²) in [5.41, 5.74) is 4.71. The summed E-state index contributed by atoms with van der Waals surface area (Å²) < 4.78 is 18.6. The van der Waals surface area contributed by atoms with Gasteiger partial charge in [-0.25, -0.2) is 4.39 Å². The van der Waals surface area contributed by atoms with Gasteiger partial charge < -0.3 is 4.74 Å². The van der Waals surface area contributed by atoms with E-state index in [1.807, 2.05) is 0 Å². The lowest BCUT2D eigenvalue weighted by Gasteiger charge is -2.14. The zero-order valence-electron chi connectivity index (χ0n) is 13.8. The van der Waals surface area contributed by atoms with Crippen molar-refractivity contribution in [3.8, 4) is 0 Å². The van der Waals surface area contributed by atoms with Gasteiger partial charge in [0.2, 0.25) is 0 Å². The molecule has 6 nitrogen and oxygen atoms in total. The summed E-state index contributed by atoms with van der Waals surface area (Å²) in [5.74, 6) is -2.71. The average Bonchev–Trinajstić information content (AvgIpc) is 2.63. The van der Waals surface area contributed by atoms with Gasteiger partial charge in [0.05, 0.1) is 6.42 Å². The van der Waals surface area contributed by atoms with Crippen LogP contribution in [0.1, 0.15) is 22.8 Å². The molecule has 0 aliphatic carbocycles. The van der Waals surface area contributed by atoms with Crippen LogP contribution in [-0.2, 0) is 20.7 Å². The molecule has 0 aromatic heterocycles. The standard InChI is InChI=1S/C18H16ClFN2O4/c1-11(17(24)21-22-18(25)12-6-3-2-4-7-12)26-16(23)10-13-14(19)8-5-9-15(13)20/h2-9,11H,10H2,1H3,(H,21,24)(H,22,25)/t11-/m0/s1. The monoisotopic (exact) mass is 378 g/mol. The predicted octanol–water partition coefficient (Wildman–Crippen LogP) is 2.41. The summed E-state index contributed by atoms with van der Waals surface area (Å²) >= 11 is 5.84. The van der Waals surface area contributed by atoms with Crippen molar-refractivity contribution in [2.24, 2.45) is 0 Å². The molecule has 0 radical (unpaired) electrons. The third-order valence-electron chi connectivity index (χ3n) is 3.40. The van der Waals surface area contributed by atoms with Crippen LogP contribution in [0.3, 0.4) is 0 Å². The van der Waals surface area contributed by atoms with Crippen LogP contribution in [0.15, 0.2) is 48.5 Å². The number of hydrogen-bond donors (Lipinski definition) is 2. The topological polar surface area (TPSA) is 84.5 Å². The molecule has 2 N–H and O–H groups in total. The van der Waals surface area contributed by atoms with E-state index >= 15 is 0 Å². The van der Waals surface area contributed by atoms with Crippen LogP contribution in [0.2, 0.25) is 5.02 Å². The summed E-state index contributed by atoms with van der Waals surface area (Å²) in [5, 5.41) is 0.0918. The normalized spacial score (nSPS) is 11.3. The van der Waals surface area contributed by atoms with E-state index in [1.54, 1.807) is 30.3 Å². The molecule has 136 valence electrons. The number of nitrogens with one attached hydrogen (secondary N) is 2. The molecule has 0 saturated heterocycles. The average molecular weight is 379 g/mol. The lowest BCUT2D eigenvalue weighted by atomic mass is 10.1. The fourth-order valence-corrected chi connectivity index (χ4v) is 2.25. The first-order chi connectivity index (χ1) is 12.4. The minimum atomic E-state index is -1.19. The summed E-state index contributed by atoms with van der Waals surface area (Å²) in [6.07, 6.45) is -1.61. The number of hydrogen-bond acceptors (Lipinski definition) is 4. The summed E-state index contributed by atoms with van der Waals surface area (Å²) in [6, 6.07) is 12.3. The zero-order chi connectivity index (χ0) is 19.1. The van der Waals surface area contributed by atoms with Crippen LogP contribution >= 0.6 is 11.6 Å². The van der Waals surface area contributed by atoms with Crippen molar-refractivity contribution in [2.45, 2.75) is 19.4 Å². The van der Waals surface area contributed by atoms with Gasteiger partial charge in [-0.3, -0.25) is 25.2 Å². The first kappa shape index (κ1) is 19.4. The van der Waals surface area contributed by atoms with Gasteiger partial charge in [-0.05, 0) is 31.2 Å². The van der Waals surface area contributed by atoms with Crippen molar-refractivity contribution >= 4 is 29.4 Å². The van der Waals surface area contributed by atoms with Crippen molar-refractivity contribution in [1.82, 2.24) is 10.9 Å². The highest BCUT2D eigenvalue weighted by Crippen LogP contribution is 2.19. The zero-order valence-corrected chi connectivity index (χ0v) is 14.5. The van der Waals surface area contributed by atoms with Crippen molar-refractivity contribution < 1.29 is 23.5 Å². The Bertz CT molecular complexity index is 794. The van der Waals surface area contributed by atoms with E-state index in [9.17, 15) is 18.8 Å². The highest BCUT2D eigenvalue weighted by atomic mass is 35.5. The molecule has 0 fully saturated rings. The molecule has 0 bridgehead atoms. The largest absolute Gasteiger partial charge is 0.452 e. The molecule has 2 amide bonds. The number of rotatable bonds is 5. The molecule has 26 heavy (non-hydrogen) atoms. The molecule has 0 aliphatic rings. The fraction of sp³-hybridized carbons (Fsp3) is 0.167. The maximum Gasteiger partial charge on any atom is 0.311 e. The summed E-state index contributed by atoms with van der Waals surface area (Å²) in [4.78, 5) is 35.6. The number of carbonyl (C=O) groups is 3. The molecule has 2 aromatic carbocycles. The smallest absolute Gasteiger partial charge is 0.311 e. The van der Waals surface area contributed by atoms with Crippen molar-refractivity contribution in [1.29, 1.82) is 0 Å². The summed E-state index contributed by atoms with van der Waals surface area (Å²) in [7, 11) is 0. The van der Waals surface area contributed by atoms with Gasteiger partial charge in [-0.15, -0.1) is 0 Å². The van der Waals surface area contributed by atoms with Gasteiger partial charge in [-0.1, -0.05) is 35.9 Å². The van der Waals surface area contributed by atoms with Crippen LogP contribution in [-0.4, -0.2) is 23.9 Å². The Morgan fingerprint density at radius 3 is 2.42 bits per heavy atom. The van der Waals surface area contributed by atoms with E-state index in [2.05, 4.69) is 10.9 Å². The minimum Gasteiger partial charge on any atom is -0.452 e. The van der Waals surface area contributed by atoms with Crippen LogP contribution in [0.25, 0.3) is 0 Å². The highest BCUT2D eigenvalue weighted by molar-refractivity contribution is 6.31. The lowest BCUT2D eigenvalue weighted by Crippen LogP contribution is -2.46. The number of halogens is 2. The van der Waals surface area contributed by atoms with E-state index in [4.69, 9.17) is 16.3 Å². The maximum atomic E-state index is 13.7. The Kier molecular flexibility index (Phi) is 6.68. The molecule has 1 atom stereocenters. The van der Waals surface area contributed by atoms with Gasteiger partial charge in [-0.2, -0.15) is 0 Å². The number of ether oxygens (including phenoxy) is 1. The van der Waals surface area contributed by atoms with E-state index in [1.165, 1.54) is 25.1 Å². The molecule has 2 rings (SSSR count). The number of benzene rings is 2. The molecular formula is C18H16ClFN2O4. The highest BCUT2D eigenvalue weighted by Gasteiger charge is 2.20. The van der Waals surface area contributed by atoms with E-state index in [-0.39, 0.29) is 10.6 Å². The summed E-state index contributed by atoms with van der Waals surface area (Å²) in [6.45, 7) is 1.32. The van der Waals surface area contributed by atoms with Gasteiger partial charge in [0.1, 0.15) is 5.82 Å². The molecule has 2 aromatic rings. The fourth-order valence-electron chi connectivity index (χ4n) is 2.02. The second kappa shape index (κ2) is 8.96. The van der Waals surface area contributed by atoms with Crippen LogP contribution in [0.5, 0.6) is 0 Å². The Balaban J connectivity index is 1.84.